The number of nitrogens with one attached hydrogen (secondary N) is 1. The van der Waals surface area contributed by atoms with E-state index in [1.807, 2.05) is 9.80 Å². The number of aliphatic carboxylic acids is 1. The molecule has 75 heavy (non-hydrogen) atoms. The zero-order valence-electron chi connectivity index (χ0n) is 41.3. The van der Waals surface area contributed by atoms with Gasteiger partial charge in [0, 0.05) is 142 Å². The first-order chi connectivity index (χ1) is 35.6. The number of alkyl halides is 6. The molecule has 0 spiro atoms. The second kappa shape index (κ2) is 26.8. The summed E-state index contributed by atoms with van der Waals surface area (Å²) in [5, 5.41) is 9.65. The van der Waals surface area contributed by atoms with Crippen molar-refractivity contribution in [1.29, 1.82) is 0 Å². The standard InChI is InChI=1S/C23H32F3N3O7S.C18H23F3N2O6S.C5H11NO2/c24-23(25,26)17-35-19-6-4-18(5-7-19)28-10-12-29(13-11-28)37(31,32)22(8-15-33-16-9-22)21(30)27-36-20-3-1-2-14-34-20;19-18(20,21)13-29-15-3-1-14(2-4-15)22-7-9-23(10-8-22)30(26,27)17(16(24)25)5-11-28-12-6-17;6-8-5-3-1-2-4-7-5/h4-7,20H,1-3,8-17H2,(H,27,30);1-4H,5-13H2,(H,24,25);5H,1-4,6H2. The molecule has 6 aliphatic heterocycles. The Morgan fingerprint density at radius 1 is 0.600 bits per heavy atom. The van der Waals surface area contributed by atoms with E-state index in [2.05, 4.69) is 15.1 Å². The number of piperazine rings is 2. The summed E-state index contributed by atoms with van der Waals surface area (Å²) in [5.74, 6) is 2.98. The number of halogens is 6. The Labute approximate surface area is 431 Å². The van der Waals surface area contributed by atoms with Crippen molar-refractivity contribution < 1.29 is 96.0 Å². The van der Waals surface area contributed by atoms with Gasteiger partial charge in [0.25, 0.3) is 5.91 Å². The highest BCUT2D eigenvalue weighted by atomic mass is 32.2. The molecule has 424 valence electrons. The van der Waals surface area contributed by atoms with Gasteiger partial charge in [0.05, 0.1) is 0 Å². The second-order valence-electron chi connectivity index (χ2n) is 18.4. The quantitative estimate of drug-likeness (QED) is 0.166. The van der Waals surface area contributed by atoms with E-state index in [4.69, 9.17) is 34.4 Å². The van der Waals surface area contributed by atoms with Crippen LogP contribution in [0.4, 0.5) is 37.7 Å². The van der Waals surface area contributed by atoms with E-state index in [0.29, 0.717) is 44.9 Å². The van der Waals surface area contributed by atoms with Gasteiger partial charge in [-0.3, -0.25) is 14.4 Å². The number of amides is 1. The molecule has 29 heteroatoms. The third-order valence-electron chi connectivity index (χ3n) is 13.5. The van der Waals surface area contributed by atoms with Gasteiger partial charge in [-0.15, -0.1) is 0 Å². The van der Waals surface area contributed by atoms with Crippen LogP contribution in [-0.4, -0.2) is 182 Å². The van der Waals surface area contributed by atoms with E-state index in [9.17, 15) is 57.9 Å². The zero-order valence-corrected chi connectivity index (χ0v) is 42.9. The summed E-state index contributed by atoms with van der Waals surface area (Å²) in [6.07, 6.45) is -4.09. The number of sulfonamides is 2. The largest absolute Gasteiger partial charge is 0.484 e. The summed E-state index contributed by atoms with van der Waals surface area (Å²) in [6, 6.07) is 12.2. The first kappa shape index (κ1) is 59.9. The number of carbonyl (C=O) groups is 2. The van der Waals surface area contributed by atoms with Gasteiger partial charge < -0.3 is 43.3 Å². The molecule has 2 aromatic rings. The Morgan fingerprint density at radius 2 is 0.987 bits per heavy atom. The highest BCUT2D eigenvalue weighted by Crippen LogP contribution is 2.36. The molecular weight excluding hydrogens is 1050 g/mol. The fourth-order valence-electron chi connectivity index (χ4n) is 9.13. The summed E-state index contributed by atoms with van der Waals surface area (Å²) < 4.78 is 157. The van der Waals surface area contributed by atoms with Crippen LogP contribution in [0.2, 0.25) is 0 Å². The number of carboxylic acids is 1. The Kier molecular flexibility index (Phi) is 21.5. The first-order valence-corrected chi connectivity index (χ1v) is 27.5. The fraction of sp³-hybridized carbons (Fsp3) is 0.696. The van der Waals surface area contributed by atoms with Crippen molar-refractivity contribution in [1.82, 2.24) is 14.1 Å². The van der Waals surface area contributed by atoms with Crippen molar-refractivity contribution in [2.75, 3.05) is 115 Å². The molecule has 6 heterocycles. The molecule has 1 amide bonds. The number of ether oxygens (including phenoxy) is 6. The molecule has 6 fully saturated rings. The smallest absolute Gasteiger partial charge is 0.422 e. The number of carboxylic acid groups (broad SMARTS) is 1. The van der Waals surface area contributed by atoms with Crippen LogP contribution < -0.4 is 30.7 Å². The fourth-order valence-corrected chi connectivity index (χ4v) is 13.3. The molecule has 2 unspecified atom stereocenters. The van der Waals surface area contributed by atoms with Crippen LogP contribution in [0.5, 0.6) is 11.5 Å². The highest BCUT2D eigenvalue weighted by molar-refractivity contribution is 7.91. The molecule has 21 nitrogen and oxygen atoms in total. The predicted octanol–water partition coefficient (Wildman–Crippen LogP) is 4.32. The van der Waals surface area contributed by atoms with Crippen LogP contribution in [0.3, 0.4) is 0 Å². The van der Waals surface area contributed by atoms with E-state index in [1.165, 1.54) is 39.3 Å². The summed E-state index contributed by atoms with van der Waals surface area (Å²) in [7, 11) is -8.14. The summed E-state index contributed by atoms with van der Waals surface area (Å²) in [6.45, 7) is 0.874. The number of carbonyl (C=O) groups excluding carboxylic acids is 1. The molecule has 0 bridgehead atoms. The topological polar surface area (TPSA) is 247 Å². The van der Waals surface area contributed by atoms with E-state index in [1.54, 1.807) is 24.3 Å². The van der Waals surface area contributed by atoms with E-state index in [0.717, 1.165) is 38.0 Å². The third kappa shape index (κ3) is 16.1. The zero-order chi connectivity index (χ0) is 54.3. The number of nitrogens with two attached hydrogens (primary N) is 1. The monoisotopic (exact) mass is 1120 g/mol. The third-order valence-corrected chi connectivity index (χ3v) is 18.7. The van der Waals surface area contributed by atoms with Gasteiger partial charge in [-0.2, -0.15) is 35.0 Å². The SMILES string of the molecule is NOC1CCCCO1.O=C(NOC1CCCCO1)C1(S(=O)(=O)N2CCN(c3ccc(OCC(F)(F)F)cc3)CC2)CCOCC1.O=C(O)C1(S(=O)(=O)N2CCN(c3ccc(OCC(F)(F)F)cc3)CC2)CCOCC1. The van der Waals surface area contributed by atoms with Crippen LogP contribution in [0, 0.1) is 0 Å². The molecule has 2 atom stereocenters. The van der Waals surface area contributed by atoms with Crippen LogP contribution >= 0.6 is 0 Å². The second-order valence-corrected chi connectivity index (χ2v) is 22.9. The van der Waals surface area contributed by atoms with Gasteiger partial charge in [-0.1, -0.05) is 0 Å². The lowest BCUT2D eigenvalue weighted by Crippen LogP contribution is -2.62. The molecule has 6 aliphatic rings. The van der Waals surface area contributed by atoms with Crippen molar-refractivity contribution in [2.45, 2.75) is 98.6 Å². The first-order valence-electron chi connectivity index (χ1n) is 24.6. The number of hydroxylamine groups is 1. The molecule has 0 radical (unpaired) electrons. The maximum atomic E-state index is 13.8. The van der Waals surface area contributed by atoms with Gasteiger partial charge in [-0.25, -0.2) is 33.1 Å². The van der Waals surface area contributed by atoms with Gasteiger partial charge in [0.2, 0.25) is 20.0 Å². The molecule has 0 aliphatic carbocycles. The van der Waals surface area contributed by atoms with Gasteiger partial charge >= 0.3 is 18.3 Å². The van der Waals surface area contributed by atoms with Crippen LogP contribution in [0.25, 0.3) is 0 Å². The van der Waals surface area contributed by atoms with Gasteiger partial charge in [0.1, 0.15) is 11.5 Å². The molecule has 2 aromatic carbocycles. The molecule has 6 saturated heterocycles. The number of nitrogens with zero attached hydrogens (tertiary/aromatic N) is 4. The van der Waals surface area contributed by atoms with Crippen molar-refractivity contribution in [3.8, 4) is 11.5 Å². The lowest BCUT2D eigenvalue weighted by Gasteiger charge is -2.42. The summed E-state index contributed by atoms with van der Waals surface area (Å²) in [5.41, 5.74) is 3.80. The van der Waals surface area contributed by atoms with Crippen molar-refractivity contribution in [3.05, 3.63) is 48.5 Å². The van der Waals surface area contributed by atoms with Crippen LogP contribution in [0.1, 0.15) is 64.2 Å². The van der Waals surface area contributed by atoms with E-state index < -0.39 is 73.3 Å². The maximum Gasteiger partial charge on any atom is 0.422 e. The Bertz CT molecular complexity index is 2320. The van der Waals surface area contributed by atoms with E-state index >= 15 is 0 Å². The highest BCUT2D eigenvalue weighted by Gasteiger charge is 2.56. The van der Waals surface area contributed by atoms with Crippen molar-refractivity contribution in [2.24, 2.45) is 5.90 Å². The number of hydrogen-bond donors (Lipinski definition) is 3. The minimum Gasteiger partial charge on any atom is -0.484 e. The normalized spacial score (nSPS) is 23.1. The Hall–Kier alpha value is -4.30. The average molecular weight is 1120 g/mol. The maximum absolute atomic E-state index is 13.8. The summed E-state index contributed by atoms with van der Waals surface area (Å²) >= 11 is 0. The number of benzene rings is 2. The molecule has 0 saturated carbocycles. The number of hydrogen-bond acceptors (Lipinski definition) is 17. The lowest BCUT2D eigenvalue weighted by atomic mass is 9.98. The summed E-state index contributed by atoms with van der Waals surface area (Å²) in [4.78, 5) is 38.8. The lowest BCUT2D eigenvalue weighted by molar-refractivity contribution is -0.202. The Morgan fingerprint density at radius 3 is 1.33 bits per heavy atom. The van der Waals surface area contributed by atoms with Crippen LogP contribution in [0.15, 0.2) is 48.5 Å². The molecule has 8 rings (SSSR count). The van der Waals surface area contributed by atoms with Gasteiger partial charge in [0.15, 0.2) is 35.3 Å². The number of anilines is 2. The molecule has 0 aromatic heterocycles. The van der Waals surface area contributed by atoms with Crippen molar-refractivity contribution >= 4 is 43.3 Å². The minimum atomic E-state index is -4.42. The van der Waals surface area contributed by atoms with Crippen LogP contribution in [-0.2, 0) is 58.3 Å². The minimum absolute atomic E-state index is 0.00958. The predicted molar refractivity (Wildman–Crippen MR) is 256 cm³/mol. The van der Waals surface area contributed by atoms with Crippen molar-refractivity contribution in [3.63, 3.8) is 0 Å². The Balaban J connectivity index is 0.000000215. The molecule has 4 N–H and O–H groups in total. The van der Waals surface area contributed by atoms with Gasteiger partial charge in [-0.05, 0) is 74.2 Å². The average Bonchev–Trinajstić information content (AvgIpc) is 3.42. The number of rotatable bonds is 15. The van der Waals surface area contributed by atoms with E-state index in [-0.39, 0.29) is 96.1 Å². The molecular formula is C46H66F6N6O15S2.